The predicted octanol–water partition coefficient (Wildman–Crippen LogP) is 0.644. The van der Waals surface area contributed by atoms with Crippen molar-refractivity contribution in [2.75, 3.05) is 13.2 Å². The first-order valence-electron chi connectivity index (χ1n) is 5.24. The third-order valence-electron chi connectivity index (χ3n) is 1.73. The molecule has 0 bridgehead atoms. The van der Waals surface area contributed by atoms with E-state index in [0.29, 0.717) is 13.2 Å². The Hall–Kier alpha value is -1.41. The number of ether oxygens (including phenoxy) is 2. The summed E-state index contributed by atoms with van der Waals surface area (Å²) in [6.45, 7) is 6.13. The third-order valence-corrected chi connectivity index (χ3v) is 2.60. The molecular formula is C9H15N3O4S. The van der Waals surface area contributed by atoms with Crippen LogP contribution in [0.4, 0.5) is 4.79 Å². The fourth-order valence-electron chi connectivity index (χ4n) is 1.10. The molecule has 0 aliphatic heterocycles. The Morgan fingerprint density at radius 1 is 1.53 bits per heavy atom. The van der Waals surface area contributed by atoms with E-state index in [2.05, 4.69) is 10.3 Å². The summed E-state index contributed by atoms with van der Waals surface area (Å²) < 4.78 is 11.1. The molecule has 7 nitrogen and oxygen atoms in total. The average molecular weight is 261 g/mol. The number of nitrogens with one attached hydrogen (secondary N) is 1. The molecule has 0 aromatic carbocycles. The van der Waals surface area contributed by atoms with Gasteiger partial charge in [0.2, 0.25) is 0 Å². The van der Waals surface area contributed by atoms with E-state index in [-0.39, 0.29) is 5.19 Å². The molecule has 1 aromatic heterocycles. The van der Waals surface area contributed by atoms with Gasteiger partial charge in [-0.3, -0.25) is 0 Å². The van der Waals surface area contributed by atoms with Crippen molar-refractivity contribution in [1.29, 1.82) is 0 Å². The van der Waals surface area contributed by atoms with Crippen LogP contribution in [0.5, 0.6) is 5.19 Å². The summed E-state index contributed by atoms with van der Waals surface area (Å²) in [6, 6.07) is -0.570. The van der Waals surface area contributed by atoms with E-state index in [1.165, 1.54) is 0 Å². The minimum absolute atomic E-state index is 0.178. The Kier molecular flexibility index (Phi) is 5.11. The molecule has 1 rings (SSSR count). The fraction of sp³-hybridized carbons (Fsp3) is 0.667. The maximum absolute atomic E-state index is 11.7. The van der Waals surface area contributed by atoms with E-state index in [1.807, 2.05) is 6.92 Å². The van der Waals surface area contributed by atoms with Gasteiger partial charge in [0.05, 0.1) is 6.61 Å². The molecule has 1 amide bonds. The Balaban J connectivity index is 2.71. The molecule has 0 spiro atoms. The Morgan fingerprint density at radius 3 is 2.82 bits per heavy atom. The van der Waals surface area contributed by atoms with Crippen LogP contribution < -0.4 is 15.7 Å². The monoisotopic (exact) mass is 261 g/mol. The van der Waals surface area contributed by atoms with Crippen molar-refractivity contribution >= 4 is 17.6 Å². The fourth-order valence-corrected chi connectivity index (χ4v) is 1.80. The molecule has 0 saturated carbocycles. The van der Waals surface area contributed by atoms with Crippen LogP contribution in [0.2, 0.25) is 0 Å². The van der Waals surface area contributed by atoms with Crippen molar-refractivity contribution in [3.63, 3.8) is 0 Å². The number of aromatic nitrogens is 2. The highest BCUT2D eigenvalue weighted by Crippen LogP contribution is 2.10. The van der Waals surface area contributed by atoms with Gasteiger partial charge in [0.15, 0.2) is 0 Å². The molecule has 0 saturated heterocycles. The topological polar surface area (TPSA) is 82.5 Å². The molecule has 1 unspecified atom stereocenters. The predicted molar refractivity (Wildman–Crippen MR) is 62.6 cm³/mol. The molecule has 0 fully saturated rings. The van der Waals surface area contributed by atoms with Crippen LogP contribution in [0.25, 0.3) is 0 Å². The summed E-state index contributed by atoms with van der Waals surface area (Å²) in [4.78, 5) is 26.6. The van der Waals surface area contributed by atoms with Gasteiger partial charge in [-0.2, -0.15) is 3.96 Å². The highest BCUT2D eigenvalue weighted by atomic mass is 32.1. The summed E-state index contributed by atoms with van der Waals surface area (Å²) in [5.41, 5.74) is -0.653. The summed E-state index contributed by atoms with van der Waals surface area (Å²) >= 11 is 0.855. The molecule has 1 N–H and O–H groups in total. The first-order chi connectivity index (χ1) is 8.08. The zero-order valence-corrected chi connectivity index (χ0v) is 10.7. The normalized spacial score (nSPS) is 12.2. The van der Waals surface area contributed by atoms with Gasteiger partial charge in [-0.1, -0.05) is 0 Å². The Labute approximate surface area is 103 Å². The van der Waals surface area contributed by atoms with Crippen LogP contribution in [0, 0.1) is 0 Å². The molecule has 17 heavy (non-hydrogen) atoms. The Morgan fingerprint density at radius 2 is 2.24 bits per heavy atom. The zero-order chi connectivity index (χ0) is 12.8. The molecular weight excluding hydrogens is 246 g/mol. The van der Waals surface area contributed by atoms with Crippen molar-refractivity contribution in [3.8, 4) is 5.19 Å². The van der Waals surface area contributed by atoms with Gasteiger partial charge >= 0.3 is 11.7 Å². The number of carbonyl (C=O) groups excluding carboxylic acids is 1. The summed E-state index contributed by atoms with van der Waals surface area (Å²) in [7, 11) is 0. The molecule has 1 heterocycles. The second-order valence-electron chi connectivity index (χ2n) is 3.03. The van der Waals surface area contributed by atoms with Crippen LogP contribution >= 0.6 is 11.5 Å². The van der Waals surface area contributed by atoms with Crippen LogP contribution in [0.1, 0.15) is 20.8 Å². The smallest absolute Gasteiger partial charge is 0.369 e. The van der Waals surface area contributed by atoms with E-state index in [9.17, 15) is 9.59 Å². The Bertz CT molecular complexity index is 428. The molecule has 1 atom stereocenters. The lowest BCUT2D eigenvalue weighted by Crippen LogP contribution is -2.40. The number of rotatable bonds is 5. The highest BCUT2D eigenvalue weighted by molar-refractivity contribution is 7.09. The van der Waals surface area contributed by atoms with Gasteiger partial charge < -0.3 is 14.8 Å². The average Bonchev–Trinajstić information content (AvgIpc) is 2.60. The number of amides is 1. The number of nitrogens with zero attached hydrogens (tertiary/aromatic N) is 2. The largest absolute Gasteiger partial charge is 0.469 e. The number of hydrogen-bond donors (Lipinski definition) is 1. The molecule has 8 heteroatoms. The van der Waals surface area contributed by atoms with E-state index in [1.54, 1.807) is 13.8 Å². The van der Waals surface area contributed by atoms with Gasteiger partial charge in [0, 0.05) is 18.1 Å². The van der Waals surface area contributed by atoms with Gasteiger partial charge in [-0.25, -0.2) is 9.59 Å². The highest BCUT2D eigenvalue weighted by Gasteiger charge is 2.15. The molecule has 96 valence electrons. The molecule has 0 radical (unpaired) electrons. The quantitative estimate of drug-likeness (QED) is 0.787. The van der Waals surface area contributed by atoms with E-state index >= 15 is 0 Å². The first kappa shape index (κ1) is 13.7. The summed E-state index contributed by atoms with van der Waals surface area (Å²) in [5, 5.41) is 2.69. The van der Waals surface area contributed by atoms with Crippen LogP contribution in [0.15, 0.2) is 4.79 Å². The first-order valence-corrected chi connectivity index (χ1v) is 6.01. The molecule has 0 aliphatic carbocycles. The van der Waals surface area contributed by atoms with Crippen molar-refractivity contribution in [3.05, 3.63) is 10.5 Å². The van der Waals surface area contributed by atoms with Crippen molar-refractivity contribution in [2.24, 2.45) is 0 Å². The zero-order valence-electron chi connectivity index (χ0n) is 9.93. The summed E-state index contributed by atoms with van der Waals surface area (Å²) in [5.74, 6) is 0. The van der Waals surface area contributed by atoms with Crippen molar-refractivity contribution < 1.29 is 14.3 Å². The molecule has 0 aliphatic rings. The van der Waals surface area contributed by atoms with Crippen LogP contribution in [-0.4, -0.2) is 34.4 Å². The lowest BCUT2D eigenvalue weighted by atomic mass is 10.6. The van der Waals surface area contributed by atoms with Gasteiger partial charge in [0.25, 0.3) is 5.19 Å². The minimum atomic E-state index is -0.653. The van der Waals surface area contributed by atoms with Gasteiger partial charge in [-0.05, 0) is 20.8 Å². The van der Waals surface area contributed by atoms with E-state index in [4.69, 9.17) is 9.47 Å². The third kappa shape index (κ3) is 3.82. The van der Waals surface area contributed by atoms with Crippen LogP contribution in [-0.2, 0) is 4.74 Å². The lowest BCUT2D eigenvalue weighted by Gasteiger charge is -2.12. The van der Waals surface area contributed by atoms with Gasteiger partial charge in [0.1, 0.15) is 6.23 Å². The number of carbonyl (C=O) groups is 1. The second-order valence-corrected chi connectivity index (χ2v) is 3.92. The summed E-state index contributed by atoms with van der Waals surface area (Å²) in [6.07, 6.45) is -0.461. The van der Waals surface area contributed by atoms with Crippen molar-refractivity contribution in [2.45, 2.75) is 27.0 Å². The maximum atomic E-state index is 11.7. The van der Waals surface area contributed by atoms with E-state index < -0.39 is 17.9 Å². The lowest BCUT2D eigenvalue weighted by molar-refractivity contribution is 0.0595. The SMILES string of the molecule is CCOc1nc(=O)n(C(=O)NC(C)OCC)s1. The van der Waals surface area contributed by atoms with Crippen molar-refractivity contribution in [1.82, 2.24) is 14.3 Å². The molecule has 1 aromatic rings. The van der Waals surface area contributed by atoms with Crippen LogP contribution in [0.3, 0.4) is 0 Å². The number of hydrogen-bond acceptors (Lipinski definition) is 6. The standard InChI is InChI=1S/C9H15N3O4S/c1-4-15-6(3)10-7(13)12-8(14)11-9(17-12)16-5-2/h6H,4-5H2,1-3H3,(H,10,13). The maximum Gasteiger partial charge on any atom is 0.369 e. The second kappa shape index (κ2) is 6.36. The van der Waals surface area contributed by atoms with E-state index in [0.717, 1.165) is 15.5 Å². The van der Waals surface area contributed by atoms with Gasteiger partial charge in [-0.15, -0.1) is 4.98 Å². The minimum Gasteiger partial charge on any atom is -0.469 e.